The van der Waals surface area contributed by atoms with Gasteiger partial charge >= 0.3 is 0 Å². The topological polar surface area (TPSA) is 88.7 Å². The third-order valence-corrected chi connectivity index (χ3v) is 6.48. The van der Waals surface area contributed by atoms with Gasteiger partial charge in [0.15, 0.2) is 6.61 Å². The Bertz CT molecular complexity index is 815. The minimum Gasteiger partial charge on any atom is -0.484 e. The van der Waals surface area contributed by atoms with Crippen molar-refractivity contribution < 1.29 is 23.5 Å². The molecule has 2 amide bonds. The first-order valence-corrected chi connectivity index (χ1v) is 10.8. The van der Waals surface area contributed by atoms with E-state index in [1.54, 1.807) is 0 Å². The molecule has 3 N–H and O–H groups in total. The van der Waals surface area contributed by atoms with Gasteiger partial charge in [0.2, 0.25) is 5.91 Å². The van der Waals surface area contributed by atoms with Gasteiger partial charge in [-0.15, -0.1) is 0 Å². The SMILES string of the molecule is CCOC1NCCCC1C(=O)NC12CC(NC(=O)COc3ccc(Cl)c(F)c3)(C1)C2. The molecule has 1 aromatic rings. The summed E-state index contributed by atoms with van der Waals surface area (Å²) in [4.78, 5) is 25.0. The summed E-state index contributed by atoms with van der Waals surface area (Å²) in [6.45, 7) is 3.14. The number of carbonyl (C=O) groups is 2. The molecule has 164 valence electrons. The molecule has 4 fully saturated rings. The summed E-state index contributed by atoms with van der Waals surface area (Å²) in [5.41, 5.74) is -0.498. The van der Waals surface area contributed by atoms with Crippen molar-refractivity contribution in [3.8, 4) is 5.75 Å². The molecule has 4 aliphatic rings. The van der Waals surface area contributed by atoms with E-state index >= 15 is 0 Å². The smallest absolute Gasteiger partial charge is 0.258 e. The Balaban J connectivity index is 1.22. The van der Waals surface area contributed by atoms with Gasteiger partial charge < -0.3 is 20.1 Å². The molecule has 0 radical (unpaired) electrons. The highest BCUT2D eigenvalue weighted by Gasteiger charge is 2.69. The molecule has 2 unspecified atom stereocenters. The lowest BCUT2D eigenvalue weighted by Gasteiger charge is -2.70. The van der Waals surface area contributed by atoms with Crippen LogP contribution in [0.15, 0.2) is 18.2 Å². The van der Waals surface area contributed by atoms with E-state index in [0.29, 0.717) is 25.9 Å². The van der Waals surface area contributed by atoms with E-state index in [1.165, 1.54) is 12.1 Å². The molecule has 1 heterocycles. The molecule has 1 saturated heterocycles. The number of hydrogen-bond acceptors (Lipinski definition) is 5. The van der Waals surface area contributed by atoms with Crippen molar-refractivity contribution in [3.05, 3.63) is 29.0 Å². The van der Waals surface area contributed by atoms with Crippen molar-refractivity contribution in [1.82, 2.24) is 16.0 Å². The van der Waals surface area contributed by atoms with E-state index in [4.69, 9.17) is 21.1 Å². The third-order valence-electron chi connectivity index (χ3n) is 6.17. The predicted octanol–water partition coefficient (Wildman–Crippen LogP) is 2.13. The number of rotatable bonds is 8. The second-order valence-corrected chi connectivity index (χ2v) is 8.98. The summed E-state index contributed by atoms with van der Waals surface area (Å²) in [7, 11) is 0. The first kappa shape index (κ1) is 21.3. The Morgan fingerprint density at radius 2 is 2.00 bits per heavy atom. The summed E-state index contributed by atoms with van der Waals surface area (Å²) in [6, 6.07) is 4.05. The standard InChI is InChI=1S/C21H27ClFN3O4/c1-2-29-19-14(4-3-7-24-19)18(28)26-21-10-20(11-21,12-21)25-17(27)9-30-13-5-6-15(22)16(23)8-13/h5-6,8,14,19,24H,2-4,7,9-12H2,1H3,(H,25,27)(H,26,28). The van der Waals surface area contributed by atoms with Crippen LogP contribution in [0.3, 0.4) is 0 Å². The minimum absolute atomic E-state index is 0.00426. The molecule has 1 aliphatic heterocycles. The Hall–Kier alpha value is -1.90. The van der Waals surface area contributed by atoms with Gasteiger partial charge in [-0.1, -0.05) is 11.6 Å². The molecule has 30 heavy (non-hydrogen) atoms. The minimum atomic E-state index is -0.591. The van der Waals surface area contributed by atoms with Crippen molar-refractivity contribution in [2.24, 2.45) is 5.92 Å². The fraction of sp³-hybridized carbons (Fsp3) is 0.619. The fourth-order valence-electron chi connectivity index (χ4n) is 4.94. The molecule has 0 aromatic heterocycles. The largest absolute Gasteiger partial charge is 0.484 e. The summed E-state index contributed by atoms with van der Waals surface area (Å²) >= 11 is 5.63. The van der Waals surface area contributed by atoms with Gasteiger partial charge in [0.1, 0.15) is 17.8 Å². The quantitative estimate of drug-likeness (QED) is 0.577. The lowest BCUT2D eigenvalue weighted by Crippen LogP contribution is -2.84. The molecule has 7 nitrogen and oxygen atoms in total. The van der Waals surface area contributed by atoms with Crippen LogP contribution in [0.2, 0.25) is 5.02 Å². The normalized spacial score (nSPS) is 31.8. The van der Waals surface area contributed by atoms with Crippen LogP contribution < -0.4 is 20.7 Å². The first-order chi connectivity index (χ1) is 14.3. The van der Waals surface area contributed by atoms with Crippen LogP contribution in [0.1, 0.15) is 39.0 Å². The Morgan fingerprint density at radius 3 is 2.70 bits per heavy atom. The zero-order valence-corrected chi connectivity index (χ0v) is 17.7. The number of piperidine rings is 1. The van der Waals surface area contributed by atoms with Gasteiger partial charge in [0.25, 0.3) is 5.91 Å². The number of ether oxygens (including phenoxy) is 2. The number of carbonyl (C=O) groups excluding carboxylic acids is 2. The molecule has 3 aliphatic carbocycles. The molecule has 2 atom stereocenters. The molecule has 9 heteroatoms. The maximum Gasteiger partial charge on any atom is 0.258 e. The summed E-state index contributed by atoms with van der Waals surface area (Å²) < 4.78 is 24.4. The molecular formula is C21H27ClFN3O4. The number of halogens is 2. The van der Waals surface area contributed by atoms with Gasteiger partial charge in [0.05, 0.1) is 10.9 Å². The van der Waals surface area contributed by atoms with E-state index in [0.717, 1.165) is 25.5 Å². The number of nitrogens with one attached hydrogen (secondary N) is 3. The third kappa shape index (κ3) is 4.26. The van der Waals surface area contributed by atoms with Crippen molar-refractivity contribution in [1.29, 1.82) is 0 Å². The maximum atomic E-state index is 13.4. The Kier molecular flexibility index (Phi) is 5.92. The summed E-state index contributed by atoms with van der Waals surface area (Å²) in [5, 5.41) is 9.45. The van der Waals surface area contributed by atoms with Gasteiger partial charge in [-0.3, -0.25) is 14.9 Å². The highest BCUT2D eigenvalue weighted by molar-refractivity contribution is 6.30. The fourth-order valence-corrected chi connectivity index (χ4v) is 5.06. The summed E-state index contributed by atoms with van der Waals surface area (Å²) in [6.07, 6.45) is 3.67. The molecule has 5 rings (SSSR count). The second kappa shape index (κ2) is 8.32. The van der Waals surface area contributed by atoms with Crippen molar-refractivity contribution in [2.45, 2.75) is 56.3 Å². The van der Waals surface area contributed by atoms with E-state index in [1.807, 2.05) is 6.92 Å². The maximum absolute atomic E-state index is 13.4. The van der Waals surface area contributed by atoms with Crippen LogP contribution in [0.25, 0.3) is 0 Å². The zero-order valence-electron chi connectivity index (χ0n) is 16.9. The van der Waals surface area contributed by atoms with Crippen molar-refractivity contribution in [2.75, 3.05) is 19.8 Å². The number of amides is 2. The van der Waals surface area contributed by atoms with E-state index < -0.39 is 5.82 Å². The number of benzene rings is 1. The van der Waals surface area contributed by atoms with Crippen LogP contribution in [-0.2, 0) is 14.3 Å². The highest BCUT2D eigenvalue weighted by atomic mass is 35.5. The lowest BCUT2D eigenvalue weighted by atomic mass is 9.44. The van der Waals surface area contributed by atoms with Crippen LogP contribution >= 0.6 is 11.6 Å². The van der Waals surface area contributed by atoms with Gasteiger partial charge in [-0.2, -0.15) is 0 Å². The van der Waals surface area contributed by atoms with Crippen LogP contribution in [0.4, 0.5) is 4.39 Å². The lowest BCUT2D eigenvalue weighted by molar-refractivity contribution is -0.156. The molecule has 3 saturated carbocycles. The Morgan fingerprint density at radius 1 is 1.27 bits per heavy atom. The van der Waals surface area contributed by atoms with Gasteiger partial charge in [0, 0.05) is 23.8 Å². The molecule has 2 bridgehead atoms. The summed E-state index contributed by atoms with van der Waals surface area (Å²) in [5.74, 6) is -0.776. The van der Waals surface area contributed by atoms with Gasteiger partial charge in [-0.05, 0) is 57.7 Å². The average molecular weight is 440 g/mol. The van der Waals surface area contributed by atoms with Crippen LogP contribution in [0.5, 0.6) is 5.75 Å². The zero-order chi connectivity index (χ0) is 21.4. The van der Waals surface area contributed by atoms with Crippen LogP contribution in [0, 0.1) is 11.7 Å². The second-order valence-electron chi connectivity index (χ2n) is 8.57. The van der Waals surface area contributed by atoms with E-state index in [2.05, 4.69) is 16.0 Å². The van der Waals surface area contributed by atoms with Gasteiger partial charge in [-0.25, -0.2) is 4.39 Å². The molecule has 1 aromatic carbocycles. The van der Waals surface area contributed by atoms with Crippen molar-refractivity contribution >= 4 is 23.4 Å². The van der Waals surface area contributed by atoms with E-state index in [-0.39, 0.29) is 52.4 Å². The predicted molar refractivity (Wildman–Crippen MR) is 109 cm³/mol. The molecular weight excluding hydrogens is 413 g/mol. The Labute approximate surface area is 180 Å². The molecule has 0 spiro atoms. The van der Waals surface area contributed by atoms with Crippen LogP contribution in [-0.4, -0.2) is 48.9 Å². The highest BCUT2D eigenvalue weighted by Crippen LogP contribution is 2.60. The van der Waals surface area contributed by atoms with E-state index in [9.17, 15) is 14.0 Å². The first-order valence-electron chi connectivity index (χ1n) is 10.4. The van der Waals surface area contributed by atoms with Crippen molar-refractivity contribution in [3.63, 3.8) is 0 Å². The number of hydrogen-bond donors (Lipinski definition) is 3. The monoisotopic (exact) mass is 439 g/mol. The average Bonchev–Trinajstić information content (AvgIpc) is 2.67.